The first-order chi connectivity index (χ1) is 10.3. The summed E-state index contributed by atoms with van der Waals surface area (Å²) in [4.78, 5) is 17.3. The molecule has 0 radical (unpaired) electrons. The quantitative estimate of drug-likeness (QED) is 0.794. The zero-order valence-electron chi connectivity index (χ0n) is 11.5. The molecule has 106 valence electrons. The third-order valence-corrected chi connectivity index (χ3v) is 4.11. The molecule has 2 aromatic rings. The van der Waals surface area contributed by atoms with E-state index in [0.717, 1.165) is 18.5 Å². The number of aryl methyl sites for hydroxylation is 1. The lowest BCUT2D eigenvalue weighted by atomic mass is 9.94. The molecule has 2 heterocycles. The van der Waals surface area contributed by atoms with Gasteiger partial charge in [-0.15, -0.1) is 0 Å². The van der Waals surface area contributed by atoms with Crippen molar-refractivity contribution >= 4 is 5.78 Å². The van der Waals surface area contributed by atoms with Crippen LogP contribution in [0.15, 0.2) is 36.5 Å². The van der Waals surface area contributed by atoms with E-state index < -0.39 is 0 Å². The molecule has 4 nitrogen and oxygen atoms in total. The van der Waals surface area contributed by atoms with Crippen molar-refractivity contribution in [3.8, 4) is 11.5 Å². The molecule has 1 unspecified atom stereocenters. The molecule has 1 aliphatic carbocycles. The summed E-state index contributed by atoms with van der Waals surface area (Å²) in [5, 5.41) is 0. The molecule has 0 spiro atoms. The Morgan fingerprint density at radius 3 is 3.00 bits per heavy atom. The minimum absolute atomic E-state index is 0.0785. The molecule has 0 N–H and O–H groups in total. The lowest BCUT2D eigenvalue weighted by Crippen LogP contribution is -2.19. The van der Waals surface area contributed by atoms with Crippen molar-refractivity contribution in [2.24, 2.45) is 0 Å². The van der Waals surface area contributed by atoms with Gasteiger partial charge >= 0.3 is 0 Å². The number of Topliss-reactive ketones (excluding diaryl/α,β-unsaturated/α-hetero) is 1. The number of ether oxygens (including phenoxy) is 2. The van der Waals surface area contributed by atoms with Crippen molar-refractivity contribution in [3.05, 3.63) is 53.3 Å². The third-order valence-electron chi connectivity index (χ3n) is 4.11. The van der Waals surface area contributed by atoms with E-state index in [0.29, 0.717) is 30.3 Å². The average molecular weight is 281 g/mol. The second-order valence-corrected chi connectivity index (χ2v) is 5.33. The maximum atomic E-state index is 12.9. The number of fused-ring (bicyclic) bond motifs is 2. The van der Waals surface area contributed by atoms with E-state index >= 15 is 0 Å². The van der Waals surface area contributed by atoms with Gasteiger partial charge in [0.05, 0.1) is 17.2 Å². The number of nitrogens with zero attached hydrogens (tertiary/aromatic N) is 1. The number of para-hydroxylation sites is 1. The molecular weight excluding hydrogens is 266 g/mol. The van der Waals surface area contributed by atoms with Crippen LogP contribution >= 0.6 is 0 Å². The smallest absolute Gasteiger partial charge is 0.175 e. The lowest BCUT2D eigenvalue weighted by molar-refractivity contribution is 0.0947. The Morgan fingerprint density at radius 2 is 2.05 bits per heavy atom. The normalized spacial score (nSPS) is 19.1. The van der Waals surface area contributed by atoms with Crippen LogP contribution in [-0.4, -0.2) is 24.0 Å². The van der Waals surface area contributed by atoms with E-state index in [4.69, 9.17) is 9.47 Å². The molecule has 4 rings (SSSR count). The summed E-state index contributed by atoms with van der Waals surface area (Å²) < 4.78 is 11.2. The minimum atomic E-state index is -0.168. The van der Waals surface area contributed by atoms with E-state index in [-0.39, 0.29) is 11.7 Å². The zero-order valence-corrected chi connectivity index (χ0v) is 11.5. The van der Waals surface area contributed by atoms with Crippen LogP contribution in [0, 0.1) is 0 Å². The Morgan fingerprint density at radius 1 is 1.14 bits per heavy atom. The molecular formula is C17H15NO3. The van der Waals surface area contributed by atoms with Crippen LogP contribution in [0.3, 0.4) is 0 Å². The van der Waals surface area contributed by atoms with Gasteiger partial charge in [-0.05, 0) is 36.6 Å². The van der Waals surface area contributed by atoms with Crippen LogP contribution in [0.25, 0.3) is 0 Å². The Kier molecular flexibility index (Phi) is 2.88. The average Bonchev–Trinajstić information content (AvgIpc) is 2.98. The van der Waals surface area contributed by atoms with Crippen molar-refractivity contribution in [1.82, 2.24) is 4.98 Å². The van der Waals surface area contributed by atoms with Crippen molar-refractivity contribution in [1.29, 1.82) is 0 Å². The van der Waals surface area contributed by atoms with Gasteiger partial charge in [0.25, 0.3) is 0 Å². The summed E-state index contributed by atoms with van der Waals surface area (Å²) in [7, 11) is 0. The van der Waals surface area contributed by atoms with Crippen molar-refractivity contribution in [2.75, 3.05) is 13.2 Å². The summed E-state index contributed by atoms with van der Waals surface area (Å²) in [6, 6.07) is 9.47. The molecule has 1 atom stereocenters. The topological polar surface area (TPSA) is 48.4 Å². The summed E-state index contributed by atoms with van der Waals surface area (Å²) >= 11 is 0. The van der Waals surface area contributed by atoms with E-state index in [1.165, 1.54) is 5.56 Å². The molecule has 4 heteroatoms. The molecule has 0 saturated carbocycles. The van der Waals surface area contributed by atoms with E-state index in [1.807, 2.05) is 24.3 Å². The van der Waals surface area contributed by atoms with Gasteiger partial charge < -0.3 is 9.47 Å². The fraction of sp³-hybridized carbons (Fsp3) is 0.294. The van der Waals surface area contributed by atoms with Crippen LogP contribution < -0.4 is 9.47 Å². The molecule has 0 amide bonds. The standard InChI is InChI=1S/C17H15NO3/c19-16(12-7-6-11-3-2-8-18-15(11)12)13-4-1-5-14-17(13)21-10-9-20-14/h1-5,8,12H,6-7,9-10H2. The number of pyridine rings is 1. The van der Waals surface area contributed by atoms with Crippen LogP contribution in [0.5, 0.6) is 11.5 Å². The number of hydrogen-bond donors (Lipinski definition) is 0. The highest BCUT2D eigenvalue weighted by atomic mass is 16.6. The van der Waals surface area contributed by atoms with Gasteiger partial charge in [-0.3, -0.25) is 9.78 Å². The Bertz CT molecular complexity index is 711. The maximum Gasteiger partial charge on any atom is 0.175 e. The van der Waals surface area contributed by atoms with Gasteiger partial charge in [-0.25, -0.2) is 0 Å². The predicted octanol–water partition coefficient (Wildman–Crippen LogP) is 2.77. The van der Waals surface area contributed by atoms with Gasteiger partial charge in [-0.2, -0.15) is 0 Å². The van der Waals surface area contributed by atoms with E-state index in [9.17, 15) is 4.79 Å². The van der Waals surface area contributed by atoms with Gasteiger partial charge in [0, 0.05) is 6.20 Å². The summed E-state index contributed by atoms with van der Waals surface area (Å²) in [5.41, 5.74) is 2.70. The van der Waals surface area contributed by atoms with Crippen molar-refractivity contribution in [2.45, 2.75) is 18.8 Å². The lowest BCUT2D eigenvalue weighted by Gasteiger charge is -2.21. The van der Waals surface area contributed by atoms with Gasteiger partial charge in [0.1, 0.15) is 13.2 Å². The molecule has 2 aliphatic rings. The van der Waals surface area contributed by atoms with Crippen LogP contribution in [-0.2, 0) is 6.42 Å². The van der Waals surface area contributed by atoms with Gasteiger partial charge in [0.15, 0.2) is 17.3 Å². The molecule has 0 fully saturated rings. The predicted molar refractivity (Wildman–Crippen MR) is 77.1 cm³/mol. The monoisotopic (exact) mass is 281 g/mol. The number of ketones is 1. The minimum Gasteiger partial charge on any atom is -0.486 e. The number of rotatable bonds is 2. The first-order valence-corrected chi connectivity index (χ1v) is 7.21. The summed E-state index contributed by atoms with van der Waals surface area (Å²) in [6.07, 6.45) is 3.48. The molecule has 1 aromatic heterocycles. The molecule has 1 aromatic carbocycles. The number of carbonyl (C=O) groups excluding carboxylic acids is 1. The molecule has 1 aliphatic heterocycles. The van der Waals surface area contributed by atoms with Crippen molar-refractivity contribution in [3.63, 3.8) is 0 Å². The molecule has 21 heavy (non-hydrogen) atoms. The number of benzene rings is 1. The van der Waals surface area contributed by atoms with Crippen molar-refractivity contribution < 1.29 is 14.3 Å². The second kappa shape index (κ2) is 4.88. The molecule has 0 saturated heterocycles. The van der Waals surface area contributed by atoms with Gasteiger partial charge in [-0.1, -0.05) is 12.1 Å². The molecule has 0 bridgehead atoms. The number of carbonyl (C=O) groups is 1. The van der Waals surface area contributed by atoms with E-state index in [2.05, 4.69) is 11.1 Å². The van der Waals surface area contributed by atoms with E-state index in [1.54, 1.807) is 6.20 Å². The SMILES string of the molecule is O=C(c1cccc2c1OCCO2)C1CCc2cccnc21. The second-order valence-electron chi connectivity index (χ2n) is 5.33. The van der Waals surface area contributed by atoms with Gasteiger partial charge in [0.2, 0.25) is 0 Å². The fourth-order valence-corrected chi connectivity index (χ4v) is 3.12. The van der Waals surface area contributed by atoms with Crippen LogP contribution in [0.1, 0.15) is 34.0 Å². The largest absolute Gasteiger partial charge is 0.486 e. The highest BCUT2D eigenvalue weighted by molar-refractivity contribution is 6.04. The first kappa shape index (κ1) is 12.4. The van der Waals surface area contributed by atoms with Crippen LogP contribution in [0.4, 0.5) is 0 Å². The number of hydrogen-bond acceptors (Lipinski definition) is 4. The highest BCUT2D eigenvalue weighted by Crippen LogP contribution is 2.39. The highest BCUT2D eigenvalue weighted by Gasteiger charge is 2.33. The fourth-order valence-electron chi connectivity index (χ4n) is 3.12. The number of aromatic nitrogens is 1. The zero-order chi connectivity index (χ0) is 14.2. The Balaban J connectivity index is 1.74. The summed E-state index contributed by atoms with van der Waals surface area (Å²) in [6.45, 7) is 1.01. The Labute approximate surface area is 122 Å². The third kappa shape index (κ3) is 1.98. The maximum absolute atomic E-state index is 12.9. The van der Waals surface area contributed by atoms with Crippen LogP contribution in [0.2, 0.25) is 0 Å². The Hall–Kier alpha value is -2.36. The first-order valence-electron chi connectivity index (χ1n) is 7.21. The summed E-state index contributed by atoms with van der Waals surface area (Å²) in [5.74, 6) is 1.15.